The van der Waals surface area contributed by atoms with Crippen LogP contribution < -0.4 is 0 Å². The molecule has 0 bridgehead atoms. The maximum Gasteiger partial charge on any atom is 0.276 e. The van der Waals surface area contributed by atoms with E-state index >= 15 is 0 Å². The smallest absolute Gasteiger partial charge is 0.276 e. The van der Waals surface area contributed by atoms with E-state index in [-0.39, 0.29) is 5.91 Å². The molecule has 0 aromatic carbocycles. The average molecular weight is 196 g/mol. The molecule has 0 unspecified atom stereocenters. The molecule has 1 aromatic rings. The van der Waals surface area contributed by atoms with Gasteiger partial charge in [0.1, 0.15) is 0 Å². The highest BCUT2D eigenvalue weighted by Crippen LogP contribution is 2.03. The van der Waals surface area contributed by atoms with E-state index < -0.39 is 0 Å². The zero-order valence-corrected chi connectivity index (χ0v) is 8.01. The molecular formula is C8H12N4O2. The summed E-state index contributed by atoms with van der Waals surface area (Å²) in [4.78, 5) is 13.5. The van der Waals surface area contributed by atoms with Gasteiger partial charge in [0.2, 0.25) is 0 Å². The minimum Gasteiger partial charge on any atom is -0.378 e. The van der Waals surface area contributed by atoms with Crippen molar-refractivity contribution in [1.82, 2.24) is 19.9 Å². The molecule has 0 radical (unpaired) electrons. The number of aromatic nitrogens is 3. The van der Waals surface area contributed by atoms with Gasteiger partial charge in [0, 0.05) is 20.1 Å². The Labute approximate surface area is 81.4 Å². The van der Waals surface area contributed by atoms with Crippen LogP contribution in [0.4, 0.5) is 0 Å². The maximum atomic E-state index is 11.8. The van der Waals surface area contributed by atoms with Crippen LogP contribution in [0.25, 0.3) is 0 Å². The van der Waals surface area contributed by atoms with E-state index in [4.69, 9.17) is 4.74 Å². The molecule has 1 fully saturated rings. The van der Waals surface area contributed by atoms with Gasteiger partial charge in [-0.15, -0.1) is 5.10 Å². The van der Waals surface area contributed by atoms with Gasteiger partial charge in [-0.1, -0.05) is 5.21 Å². The topological polar surface area (TPSA) is 60.2 Å². The van der Waals surface area contributed by atoms with Crippen LogP contribution in [0.1, 0.15) is 10.5 Å². The van der Waals surface area contributed by atoms with E-state index in [2.05, 4.69) is 10.3 Å². The molecular weight excluding hydrogens is 184 g/mol. The maximum absolute atomic E-state index is 11.8. The molecule has 6 heteroatoms. The van der Waals surface area contributed by atoms with E-state index in [0.717, 1.165) is 0 Å². The summed E-state index contributed by atoms with van der Waals surface area (Å²) in [7, 11) is 1.74. The number of hydrogen-bond donors (Lipinski definition) is 0. The quantitative estimate of drug-likeness (QED) is 0.595. The van der Waals surface area contributed by atoms with E-state index in [0.29, 0.717) is 32.0 Å². The van der Waals surface area contributed by atoms with E-state index in [9.17, 15) is 4.79 Å². The fraction of sp³-hybridized carbons (Fsp3) is 0.625. The number of morpholine rings is 1. The van der Waals surface area contributed by atoms with Gasteiger partial charge in [0.15, 0.2) is 5.69 Å². The Kier molecular flexibility index (Phi) is 2.45. The van der Waals surface area contributed by atoms with Crippen molar-refractivity contribution >= 4 is 5.91 Å². The molecule has 0 atom stereocenters. The SMILES string of the molecule is Cn1cc(C(=O)N2CCOCC2)nn1. The van der Waals surface area contributed by atoms with Gasteiger partial charge in [-0.3, -0.25) is 9.48 Å². The summed E-state index contributed by atoms with van der Waals surface area (Å²) >= 11 is 0. The fourth-order valence-corrected chi connectivity index (χ4v) is 1.37. The van der Waals surface area contributed by atoms with Crippen molar-refractivity contribution in [2.75, 3.05) is 26.3 Å². The Hall–Kier alpha value is -1.43. The van der Waals surface area contributed by atoms with Gasteiger partial charge in [-0.05, 0) is 0 Å². The molecule has 0 aliphatic carbocycles. The molecule has 14 heavy (non-hydrogen) atoms. The lowest BCUT2D eigenvalue weighted by atomic mass is 10.3. The minimum atomic E-state index is -0.0681. The Morgan fingerprint density at radius 2 is 2.21 bits per heavy atom. The first-order valence-electron chi connectivity index (χ1n) is 4.51. The summed E-state index contributed by atoms with van der Waals surface area (Å²) < 4.78 is 6.68. The predicted octanol–water partition coefficient (Wildman–Crippen LogP) is -0.713. The van der Waals surface area contributed by atoms with Crippen molar-refractivity contribution < 1.29 is 9.53 Å². The van der Waals surface area contributed by atoms with E-state index in [1.807, 2.05) is 0 Å². The number of amides is 1. The minimum absolute atomic E-state index is 0.0681. The highest BCUT2D eigenvalue weighted by molar-refractivity contribution is 5.91. The first-order valence-corrected chi connectivity index (χ1v) is 4.51. The normalized spacial score (nSPS) is 17.1. The third kappa shape index (κ3) is 1.74. The summed E-state index contributed by atoms with van der Waals surface area (Å²) in [6.07, 6.45) is 1.62. The van der Waals surface area contributed by atoms with Crippen molar-refractivity contribution in [3.05, 3.63) is 11.9 Å². The van der Waals surface area contributed by atoms with Gasteiger partial charge < -0.3 is 9.64 Å². The molecule has 1 aliphatic rings. The lowest BCUT2D eigenvalue weighted by Crippen LogP contribution is -2.40. The first kappa shape index (κ1) is 9.14. The molecule has 1 amide bonds. The molecule has 2 rings (SSSR count). The third-order valence-electron chi connectivity index (χ3n) is 2.12. The van der Waals surface area contributed by atoms with Gasteiger partial charge >= 0.3 is 0 Å². The summed E-state index contributed by atoms with van der Waals surface area (Å²) in [5.41, 5.74) is 0.398. The molecule has 76 valence electrons. The van der Waals surface area contributed by atoms with Gasteiger partial charge in [0.05, 0.1) is 19.4 Å². The third-order valence-corrected chi connectivity index (χ3v) is 2.12. The zero-order chi connectivity index (χ0) is 9.97. The van der Waals surface area contributed by atoms with Gasteiger partial charge in [-0.25, -0.2) is 0 Å². The number of carbonyl (C=O) groups excluding carboxylic acids is 1. The zero-order valence-electron chi connectivity index (χ0n) is 8.01. The number of aryl methyl sites for hydroxylation is 1. The molecule has 2 heterocycles. The van der Waals surface area contributed by atoms with Crippen LogP contribution in [0.5, 0.6) is 0 Å². The Bertz CT molecular complexity index is 330. The highest BCUT2D eigenvalue weighted by atomic mass is 16.5. The van der Waals surface area contributed by atoms with Crippen LogP contribution in [-0.2, 0) is 11.8 Å². The summed E-state index contributed by atoms with van der Waals surface area (Å²) in [6, 6.07) is 0. The van der Waals surface area contributed by atoms with Gasteiger partial charge in [0.25, 0.3) is 5.91 Å². The number of carbonyl (C=O) groups is 1. The van der Waals surface area contributed by atoms with E-state index in [1.165, 1.54) is 4.68 Å². The average Bonchev–Trinajstić information content (AvgIpc) is 2.65. The molecule has 1 aliphatic heterocycles. The summed E-state index contributed by atoms with van der Waals surface area (Å²) in [5.74, 6) is -0.0681. The Morgan fingerprint density at radius 3 is 2.79 bits per heavy atom. The standard InChI is InChI=1S/C8H12N4O2/c1-11-6-7(9-10-11)8(13)12-2-4-14-5-3-12/h6H,2-5H2,1H3. The van der Waals surface area contributed by atoms with Crippen LogP contribution in [0.3, 0.4) is 0 Å². The van der Waals surface area contributed by atoms with Crippen LogP contribution >= 0.6 is 0 Å². The fourth-order valence-electron chi connectivity index (χ4n) is 1.37. The second kappa shape index (κ2) is 3.75. The first-order chi connectivity index (χ1) is 6.77. The second-order valence-electron chi connectivity index (χ2n) is 3.18. The van der Waals surface area contributed by atoms with Crippen LogP contribution in [-0.4, -0.2) is 52.1 Å². The molecule has 0 spiro atoms. The van der Waals surface area contributed by atoms with Crippen LogP contribution in [0, 0.1) is 0 Å². The van der Waals surface area contributed by atoms with Crippen molar-refractivity contribution in [2.45, 2.75) is 0 Å². The highest BCUT2D eigenvalue weighted by Gasteiger charge is 2.20. The number of rotatable bonds is 1. The summed E-state index contributed by atoms with van der Waals surface area (Å²) in [5, 5.41) is 7.49. The van der Waals surface area contributed by atoms with Crippen LogP contribution in [0.15, 0.2) is 6.20 Å². The van der Waals surface area contributed by atoms with Crippen LogP contribution in [0.2, 0.25) is 0 Å². The Balaban J connectivity index is 2.07. The molecule has 1 aromatic heterocycles. The molecule has 0 N–H and O–H groups in total. The Morgan fingerprint density at radius 1 is 1.50 bits per heavy atom. The van der Waals surface area contributed by atoms with Crippen molar-refractivity contribution in [3.8, 4) is 0 Å². The lowest BCUT2D eigenvalue weighted by molar-refractivity contribution is 0.0299. The predicted molar refractivity (Wildman–Crippen MR) is 47.7 cm³/mol. The van der Waals surface area contributed by atoms with Gasteiger partial charge in [-0.2, -0.15) is 0 Å². The molecule has 6 nitrogen and oxygen atoms in total. The lowest BCUT2D eigenvalue weighted by Gasteiger charge is -2.25. The summed E-state index contributed by atoms with van der Waals surface area (Å²) in [6.45, 7) is 2.48. The van der Waals surface area contributed by atoms with Crippen molar-refractivity contribution in [2.24, 2.45) is 7.05 Å². The largest absolute Gasteiger partial charge is 0.378 e. The molecule has 0 saturated carbocycles. The number of hydrogen-bond acceptors (Lipinski definition) is 4. The van der Waals surface area contributed by atoms with Crippen molar-refractivity contribution in [1.29, 1.82) is 0 Å². The number of nitrogens with zero attached hydrogens (tertiary/aromatic N) is 4. The van der Waals surface area contributed by atoms with E-state index in [1.54, 1.807) is 18.1 Å². The monoisotopic (exact) mass is 196 g/mol. The van der Waals surface area contributed by atoms with Crippen molar-refractivity contribution in [3.63, 3.8) is 0 Å². The second-order valence-corrected chi connectivity index (χ2v) is 3.18. The number of ether oxygens (including phenoxy) is 1. The molecule has 1 saturated heterocycles.